The van der Waals surface area contributed by atoms with Crippen molar-refractivity contribution in [2.45, 2.75) is 50.9 Å². The summed E-state index contributed by atoms with van der Waals surface area (Å²) in [6, 6.07) is -3.99. The van der Waals surface area contributed by atoms with E-state index in [1.807, 2.05) is 6.26 Å². The molecule has 0 aromatic carbocycles. The summed E-state index contributed by atoms with van der Waals surface area (Å²) in [5.74, 6) is -2.72. The Hall–Kier alpha value is -2.25. The lowest BCUT2D eigenvalue weighted by Crippen LogP contribution is -2.58. The van der Waals surface area contributed by atoms with Crippen molar-refractivity contribution in [3.8, 4) is 0 Å². The third-order valence-corrected chi connectivity index (χ3v) is 5.63. The van der Waals surface area contributed by atoms with Gasteiger partial charge in [0, 0.05) is 24.1 Å². The maximum Gasteiger partial charge on any atom is 0.326 e. The van der Waals surface area contributed by atoms with Crippen LogP contribution in [-0.4, -0.2) is 80.7 Å². The molecule has 32 heavy (non-hydrogen) atoms. The van der Waals surface area contributed by atoms with Gasteiger partial charge in [-0.3, -0.25) is 14.4 Å². The number of hydrogen-bond acceptors (Lipinski definition) is 8. The molecule has 0 bridgehead atoms. The summed E-state index contributed by atoms with van der Waals surface area (Å²) >= 11 is 5.61. The molecule has 0 aliphatic carbocycles. The van der Waals surface area contributed by atoms with Crippen LogP contribution in [0.2, 0.25) is 0 Å². The van der Waals surface area contributed by atoms with Crippen LogP contribution in [0.15, 0.2) is 12.5 Å². The van der Waals surface area contributed by atoms with Gasteiger partial charge >= 0.3 is 5.97 Å². The zero-order chi connectivity index (χ0) is 24.3. The van der Waals surface area contributed by atoms with Crippen LogP contribution in [0, 0.1) is 5.92 Å². The summed E-state index contributed by atoms with van der Waals surface area (Å²) < 4.78 is 0. The number of rotatable bonds is 14. The number of carbonyl (C=O) groups is 4. The third kappa shape index (κ3) is 9.09. The topological polar surface area (TPSA) is 179 Å². The van der Waals surface area contributed by atoms with E-state index in [-0.39, 0.29) is 24.5 Å². The van der Waals surface area contributed by atoms with Crippen LogP contribution in [0.4, 0.5) is 0 Å². The standard InChI is InChI=1S/C19H32N6O5S2/c1-10(2)15(19(29)30)25-17(27)13(4-5-32-3)23-18(28)14(8-31)24-16(26)12(20)6-11-7-21-9-22-11/h7,9-10,12-15,31H,4-6,8,20H2,1-3H3,(H,21,22)(H,23,28)(H,24,26)(H,25,27)(H,29,30). The largest absolute Gasteiger partial charge is 0.480 e. The average Bonchev–Trinajstić information content (AvgIpc) is 3.24. The normalized spacial score (nSPS) is 14.8. The second-order valence-electron chi connectivity index (χ2n) is 7.54. The van der Waals surface area contributed by atoms with Crippen LogP contribution in [-0.2, 0) is 25.6 Å². The van der Waals surface area contributed by atoms with Crippen molar-refractivity contribution in [1.82, 2.24) is 25.9 Å². The van der Waals surface area contributed by atoms with E-state index in [0.717, 1.165) is 0 Å². The predicted molar refractivity (Wildman–Crippen MR) is 125 cm³/mol. The lowest BCUT2D eigenvalue weighted by atomic mass is 10.0. The van der Waals surface area contributed by atoms with E-state index in [2.05, 4.69) is 38.5 Å². The van der Waals surface area contributed by atoms with Gasteiger partial charge in [0.05, 0.1) is 12.4 Å². The lowest BCUT2D eigenvalue weighted by molar-refractivity contribution is -0.143. The molecule has 0 spiro atoms. The van der Waals surface area contributed by atoms with Crippen molar-refractivity contribution in [2.75, 3.05) is 17.8 Å². The van der Waals surface area contributed by atoms with Gasteiger partial charge in [0.15, 0.2) is 0 Å². The Bertz CT molecular complexity index is 761. The molecule has 0 radical (unpaired) electrons. The summed E-state index contributed by atoms with van der Waals surface area (Å²) in [5, 5.41) is 16.9. The summed E-state index contributed by atoms with van der Waals surface area (Å²) in [6.45, 7) is 3.35. The molecule has 11 nitrogen and oxygen atoms in total. The number of imidazole rings is 1. The fourth-order valence-corrected chi connectivity index (χ4v) is 3.47. The number of thiol groups is 1. The second-order valence-corrected chi connectivity index (χ2v) is 8.89. The monoisotopic (exact) mass is 488 g/mol. The number of H-pyrrole nitrogens is 1. The number of hydrogen-bond donors (Lipinski definition) is 7. The molecule has 0 aliphatic rings. The number of nitrogens with two attached hydrogens (primary N) is 1. The van der Waals surface area contributed by atoms with Crippen molar-refractivity contribution in [1.29, 1.82) is 0 Å². The van der Waals surface area contributed by atoms with Gasteiger partial charge in [-0.05, 0) is 24.3 Å². The highest BCUT2D eigenvalue weighted by molar-refractivity contribution is 7.98. The molecule has 3 amide bonds. The molecule has 13 heteroatoms. The molecule has 7 N–H and O–H groups in total. The van der Waals surface area contributed by atoms with Crippen LogP contribution in [0.3, 0.4) is 0 Å². The van der Waals surface area contributed by atoms with Crippen molar-refractivity contribution in [2.24, 2.45) is 11.7 Å². The maximum atomic E-state index is 12.7. The highest BCUT2D eigenvalue weighted by atomic mass is 32.2. The Morgan fingerprint density at radius 1 is 1.16 bits per heavy atom. The predicted octanol–water partition coefficient (Wildman–Crippen LogP) is -0.843. The van der Waals surface area contributed by atoms with Gasteiger partial charge in [-0.2, -0.15) is 24.4 Å². The summed E-state index contributed by atoms with van der Waals surface area (Å²) in [4.78, 5) is 55.9. The number of nitrogens with zero attached hydrogens (tertiary/aromatic N) is 1. The maximum absolute atomic E-state index is 12.7. The molecular formula is C19H32N6O5S2. The van der Waals surface area contributed by atoms with E-state index in [9.17, 15) is 24.3 Å². The van der Waals surface area contributed by atoms with Gasteiger partial charge in [0.2, 0.25) is 17.7 Å². The molecule has 0 saturated carbocycles. The minimum Gasteiger partial charge on any atom is -0.480 e. The molecule has 4 atom stereocenters. The molecule has 0 fully saturated rings. The van der Waals surface area contributed by atoms with Crippen LogP contribution in [0.25, 0.3) is 0 Å². The van der Waals surface area contributed by atoms with E-state index in [4.69, 9.17) is 5.73 Å². The Morgan fingerprint density at radius 3 is 2.28 bits per heavy atom. The van der Waals surface area contributed by atoms with Gasteiger partial charge < -0.3 is 31.8 Å². The SMILES string of the molecule is CSCCC(NC(=O)C(CS)NC(=O)C(N)Cc1cnc[nH]1)C(=O)NC(C(=O)O)C(C)C. The Kier molecular flexibility index (Phi) is 12.2. The molecule has 4 unspecified atom stereocenters. The first-order valence-corrected chi connectivity index (χ1v) is 12.1. The second kappa shape index (κ2) is 14.0. The molecule has 0 aliphatic heterocycles. The van der Waals surface area contributed by atoms with E-state index >= 15 is 0 Å². The fraction of sp³-hybridized carbons (Fsp3) is 0.632. The molecule has 180 valence electrons. The number of thioether (sulfide) groups is 1. The minimum absolute atomic E-state index is 0.0189. The molecule has 0 saturated heterocycles. The summed E-state index contributed by atoms with van der Waals surface area (Å²) in [6.07, 6.45) is 5.36. The number of carbonyl (C=O) groups excluding carboxylic acids is 3. The van der Waals surface area contributed by atoms with Gasteiger partial charge in [0.25, 0.3) is 0 Å². The summed E-state index contributed by atoms with van der Waals surface area (Å²) in [7, 11) is 0. The first kappa shape index (κ1) is 27.8. The van der Waals surface area contributed by atoms with Crippen molar-refractivity contribution in [3.05, 3.63) is 18.2 Å². The molecule has 1 rings (SSSR count). The number of aromatic nitrogens is 2. The molecule has 1 aromatic rings. The van der Waals surface area contributed by atoms with E-state index < -0.39 is 47.9 Å². The smallest absolute Gasteiger partial charge is 0.326 e. The van der Waals surface area contributed by atoms with Gasteiger partial charge in [-0.15, -0.1) is 0 Å². The fourth-order valence-electron chi connectivity index (χ4n) is 2.74. The molecule has 1 aromatic heterocycles. The van der Waals surface area contributed by atoms with Crippen molar-refractivity contribution in [3.63, 3.8) is 0 Å². The summed E-state index contributed by atoms with van der Waals surface area (Å²) in [5.41, 5.74) is 6.57. The number of aromatic amines is 1. The average molecular weight is 489 g/mol. The van der Waals surface area contributed by atoms with Crippen molar-refractivity contribution < 1.29 is 24.3 Å². The zero-order valence-electron chi connectivity index (χ0n) is 18.3. The Balaban J connectivity index is 2.79. The third-order valence-electron chi connectivity index (χ3n) is 4.62. The number of carboxylic acid groups (broad SMARTS) is 1. The highest BCUT2D eigenvalue weighted by Crippen LogP contribution is 2.06. The van der Waals surface area contributed by atoms with E-state index in [0.29, 0.717) is 11.4 Å². The van der Waals surface area contributed by atoms with Crippen LogP contribution in [0.1, 0.15) is 26.0 Å². The zero-order valence-corrected chi connectivity index (χ0v) is 20.0. The van der Waals surface area contributed by atoms with Crippen LogP contribution < -0.4 is 21.7 Å². The quantitative estimate of drug-likeness (QED) is 0.166. The molecular weight excluding hydrogens is 456 g/mol. The first-order chi connectivity index (χ1) is 15.1. The van der Waals surface area contributed by atoms with Crippen molar-refractivity contribution >= 4 is 48.1 Å². The number of amides is 3. The first-order valence-electron chi connectivity index (χ1n) is 10.1. The highest BCUT2D eigenvalue weighted by Gasteiger charge is 2.30. The van der Waals surface area contributed by atoms with E-state index in [1.165, 1.54) is 18.1 Å². The molecule has 1 heterocycles. The number of aliphatic carboxylic acids is 1. The lowest BCUT2D eigenvalue weighted by Gasteiger charge is -2.25. The van der Waals surface area contributed by atoms with E-state index in [1.54, 1.807) is 20.0 Å². The van der Waals surface area contributed by atoms with Gasteiger partial charge in [-0.25, -0.2) is 9.78 Å². The Labute approximate surface area is 196 Å². The van der Waals surface area contributed by atoms with Crippen LogP contribution >= 0.6 is 24.4 Å². The Morgan fingerprint density at radius 2 is 1.78 bits per heavy atom. The minimum atomic E-state index is -1.16. The van der Waals surface area contributed by atoms with Crippen LogP contribution in [0.5, 0.6) is 0 Å². The van der Waals surface area contributed by atoms with Gasteiger partial charge in [0.1, 0.15) is 18.1 Å². The van der Waals surface area contributed by atoms with Gasteiger partial charge in [-0.1, -0.05) is 13.8 Å². The number of nitrogens with one attached hydrogen (secondary N) is 4. The number of carboxylic acids is 1.